The summed E-state index contributed by atoms with van der Waals surface area (Å²) >= 11 is 0. The SMILES string of the molecule is Cn1cnc2ccc(Oc3cc4nccc(C(=O)O)c4[nH]3)cc21. The molecule has 0 spiro atoms. The van der Waals surface area contributed by atoms with E-state index in [1.807, 2.05) is 29.8 Å². The van der Waals surface area contributed by atoms with Crippen LogP contribution in [0.1, 0.15) is 10.4 Å². The third kappa shape index (κ3) is 2.18. The quantitative estimate of drug-likeness (QED) is 0.607. The first-order valence-electron chi connectivity index (χ1n) is 6.92. The van der Waals surface area contributed by atoms with Gasteiger partial charge in [0.2, 0.25) is 0 Å². The molecule has 0 saturated heterocycles. The van der Waals surface area contributed by atoms with E-state index < -0.39 is 5.97 Å². The average molecular weight is 308 g/mol. The molecule has 7 nitrogen and oxygen atoms in total. The first-order valence-corrected chi connectivity index (χ1v) is 6.92. The molecule has 0 radical (unpaired) electrons. The molecule has 1 aromatic carbocycles. The summed E-state index contributed by atoms with van der Waals surface area (Å²) in [6.45, 7) is 0. The van der Waals surface area contributed by atoms with Crippen LogP contribution in [0.25, 0.3) is 22.1 Å². The maximum atomic E-state index is 11.2. The molecule has 0 fully saturated rings. The Hall–Kier alpha value is -3.35. The number of carboxylic acid groups (broad SMARTS) is 1. The van der Waals surface area contributed by atoms with Gasteiger partial charge in [-0.15, -0.1) is 0 Å². The first kappa shape index (κ1) is 13.3. The number of nitrogens with zero attached hydrogens (tertiary/aromatic N) is 3. The Morgan fingerprint density at radius 2 is 2.09 bits per heavy atom. The second kappa shape index (κ2) is 4.84. The highest BCUT2D eigenvalue weighted by Crippen LogP contribution is 2.28. The summed E-state index contributed by atoms with van der Waals surface area (Å²) < 4.78 is 7.70. The van der Waals surface area contributed by atoms with Crippen LogP contribution in [0.5, 0.6) is 11.6 Å². The van der Waals surface area contributed by atoms with Gasteiger partial charge in [0.15, 0.2) is 5.88 Å². The minimum Gasteiger partial charge on any atom is -0.478 e. The van der Waals surface area contributed by atoms with Gasteiger partial charge in [0.25, 0.3) is 0 Å². The number of carbonyl (C=O) groups is 1. The van der Waals surface area contributed by atoms with Gasteiger partial charge < -0.3 is 19.4 Å². The molecule has 23 heavy (non-hydrogen) atoms. The van der Waals surface area contributed by atoms with Crippen molar-refractivity contribution in [3.05, 3.63) is 48.4 Å². The number of nitrogens with one attached hydrogen (secondary N) is 1. The molecule has 4 aromatic rings. The number of pyridine rings is 1. The van der Waals surface area contributed by atoms with Gasteiger partial charge in [0.05, 0.1) is 34.0 Å². The number of aryl methyl sites for hydroxylation is 1. The number of hydrogen-bond acceptors (Lipinski definition) is 4. The van der Waals surface area contributed by atoms with E-state index in [1.165, 1.54) is 12.3 Å². The van der Waals surface area contributed by atoms with Crippen molar-refractivity contribution in [2.24, 2.45) is 7.05 Å². The fourth-order valence-electron chi connectivity index (χ4n) is 2.53. The van der Waals surface area contributed by atoms with Gasteiger partial charge in [-0.1, -0.05) is 0 Å². The summed E-state index contributed by atoms with van der Waals surface area (Å²) in [6.07, 6.45) is 3.20. The number of imidazole rings is 1. The number of hydrogen-bond donors (Lipinski definition) is 2. The van der Waals surface area contributed by atoms with Crippen LogP contribution in [0, 0.1) is 0 Å². The number of aromatic nitrogens is 4. The fourth-order valence-corrected chi connectivity index (χ4v) is 2.53. The Labute approximate surface area is 130 Å². The van der Waals surface area contributed by atoms with Crippen molar-refractivity contribution in [3.63, 3.8) is 0 Å². The van der Waals surface area contributed by atoms with Gasteiger partial charge in [0.1, 0.15) is 5.75 Å². The summed E-state index contributed by atoms with van der Waals surface area (Å²) in [7, 11) is 1.91. The number of benzene rings is 1. The Morgan fingerprint density at radius 3 is 2.91 bits per heavy atom. The average Bonchev–Trinajstić information content (AvgIpc) is 3.10. The molecule has 0 unspecified atom stereocenters. The van der Waals surface area contributed by atoms with Crippen LogP contribution in [0.15, 0.2) is 42.9 Å². The molecule has 0 saturated carbocycles. The highest BCUT2D eigenvalue weighted by atomic mass is 16.5. The molecule has 4 rings (SSSR count). The first-order chi connectivity index (χ1) is 11.1. The molecule has 0 aliphatic rings. The number of H-pyrrole nitrogens is 1. The van der Waals surface area contributed by atoms with Crippen molar-refractivity contribution in [3.8, 4) is 11.6 Å². The number of aromatic carboxylic acids is 1. The van der Waals surface area contributed by atoms with Gasteiger partial charge in [-0.05, 0) is 18.2 Å². The zero-order chi connectivity index (χ0) is 16.0. The van der Waals surface area contributed by atoms with E-state index in [0.29, 0.717) is 22.7 Å². The Balaban J connectivity index is 1.75. The van der Waals surface area contributed by atoms with Crippen molar-refractivity contribution in [2.45, 2.75) is 0 Å². The molecule has 0 bridgehead atoms. The van der Waals surface area contributed by atoms with E-state index in [4.69, 9.17) is 4.74 Å². The van der Waals surface area contributed by atoms with Crippen LogP contribution >= 0.6 is 0 Å². The minimum absolute atomic E-state index is 0.159. The number of carboxylic acids is 1. The summed E-state index contributed by atoms with van der Waals surface area (Å²) in [6, 6.07) is 8.68. The highest BCUT2D eigenvalue weighted by Gasteiger charge is 2.13. The molecule has 3 aromatic heterocycles. The van der Waals surface area contributed by atoms with E-state index in [-0.39, 0.29) is 5.56 Å². The lowest BCUT2D eigenvalue weighted by Crippen LogP contribution is -1.97. The molecule has 3 heterocycles. The van der Waals surface area contributed by atoms with Gasteiger partial charge in [-0.25, -0.2) is 9.78 Å². The molecule has 0 aliphatic heterocycles. The zero-order valence-electron chi connectivity index (χ0n) is 12.1. The van der Waals surface area contributed by atoms with Crippen molar-refractivity contribution >= 4 is 28.0 Å². The predicted molar refractivity (Wildman–Crippen MR) is 83.8 cm³/mol. The van der Waals surface area contributed by atoms with Gasteiger partial charge in [-0.2, -0.15) is 0 Å². The van der Waals surface area contributed by atoms with Crippen molar-refractivity contribution < 1.29 is 14.6 Å². The van der Waals surface area contributed by atoms with Gasteiger partial charge >= 0.3 is 5.97 Å². The molecule has 114 valence electrons. The predicted octanol–water partition coefficient (Wildman–Crippen LogP) is 2.94. The number of aromatic amines is 1. The fraction of sp³-hybridized carbons (Fsp3) is 0.0625. The van der Waals surface area contributed by atoms with Crippen LogP contribution in [0.4, 0.5) is 0 Å². The van der Waals surface area contributed by atoms with Crippen LogP contribution in [0.2, 0.25) is 0 Å². The molecular formula is C16H12N4O3. The summed E-state index contributed by atoms with van der Waals surface area (Å²) in [5.41, 5.74) is 2.97. The van der Waals surface area contributed by atoms with Crippen LogP contribution in [-0.2, 0) is 7.05 Å². The molecule has 0 atom stereocenters. The van der Waals surface area contributed by atoms with Crippen molar-refractivity contribution in [1.82, 2.24) is 19.5 Å². The lowest BCUT2D eigenvalue weighted by Gasteiger charge is -2.03. The van der Waals surface area contributed by atoms with Gasteiger partial charge in [0, 0.05) is 25.4 Å². The number of ether oxygens (including phenoxy) is 1. The molecule has 7 heteroatoms. The third-order valence-electron chi connectivity index (χ3n) is 3.65. The summed E-state index contributed by atoms with van der Waals surface area (Å²) in [5.74, 6) is 0.0503. The largest absolute Gasteiger partial charge is 0.478 e. The normalized spacial score (nSPS) is 11.2. The second-order valence-electron chi connectivity index (χ2n) is 5.17. The number of fused-ring (bicyclic) bond motifs is 2. The molecular weight excluding hydrogens is 296 g/mol. The van der Waals surface area contributed by atoms with Crippen LogP contribution < -0.4 is 4.74 Å². The van der Waals surface area contributed by atoms with Crippen molar-refractivity contribution in [2.75, 3.05) is 0 Å². The van der Waals surface area contributed by atoms with E-state index in [0.717, 1.165) is 11.0 Å². The highest BCUT2D eigenvalue weighted by molar-refractivity contribution is 6.01. The third-order valence-corrected chi connectivity index (χ3v) is 3.65. The zero-order valence-corrected chi connectivity index (χ0v) is 12.1. The second-order valence-corrected chi connectivity index (χ2v) is 5.17. The van der Waals surface area contributed by atoms with Crippen LogP contribution in [0.3, 0.4) is 0 Å². The lowest BCUT2D eigenvalue weighted by atomic mass is 10.2. The van der Waals surface area contributed by atoms with E-state index in [9.17, 15) is 9.90 Å². The minimum atomic E-state index is -1.01. The van der Waals surface area contributed by atoms with Gasteiger partial charge in [-0.3, -0.25) is 4.98 Å². The number of rotatable bonds is 3. The Morgan fingerprint density at radius 1 is 1.22 bits per heavy atom. The van der Waals surface area contributed by atoms with E-state index in [2.05, 4.69) is 15.0 Å². The summed E-state index contributed by atoms with van der Waals surface area (Å²) in [4.78, 5) is 22.6. The topological polar surface area (TPSA) is 93.0 Å². The summed E-state index contributed by atoms with van der Waals surface area (Å²) in [5, 5.41) is 9.21. The smallest absolute Gasteiger partial charge is 0.337 e. The molecule has 2 N–H and O–H groups in total. The maximum Gasteiger partial charge on any atom is 0.337 e. The standard InChI is InChI=1S/C16H12N4O3/c1-20-8-18-11-3-2-9(6-13(11)20)23-14-7-12-15(19-14)10(16(21)22)4-5-17-12/h2-8,19H,1H3,(H,21,22). The Bertz CT molecular complexity index is 1050. The maximum absolute atomic E-state index is 11.2. The van der Waals surface area contributed by atoms with Crippen molar-refractivity contribution in [1.29, 1.82) is 0 Å². The molecule has 0 aliphatic carbocycles. The lowest BCUT2D eigenvalue weighted by molar-refractivity contribution is 0.0699. The van der Waals surface area contributed by atoms with E-state index in [1.54, 1.807) is 12.4 Å². The van der Waals surface area contributed by atoms with E-state index >= 15 is 0 Å². The van der Waals surface area contributed by atoms with Crippen LogP contribution in [-0.4, -0.2) is 30.6 Å². The monoisotopic (exact) mass is 308 g/mol. The molecule has 0 amide bonds. The Kier molecular flexibility index (Phi) is 2.80.